The topological polar surface area (TPSA) is 65.4 Å². The number of nitrogens with zero attached hydrogens (tertiary/aromatic N) is 2. The number of alkyl carbamates (subject to hydrolysis) is 1. The molecule has 5 heteroatoms. The van der Waals surface area contributed by atoms with Crippen LogP contribution in [0.2, 0.25) is 0 Å². The Labute approximate surface area is 147 Å². The minimum atomic E-state index is -0.399. The molecule has 3 rings (SSSR count). The zero-order valence-electron chi connectivity index (χ0n) is 14.0. The molecule has 25 heavy (non-hydrogen) atoms. The van der Waals surface area contributed by atoms with Gasteiger partial charge in [-0.2, -0.15) is 5.26 Å². The van der Waals surface area contributed by atoms with Gasteiger partial charge in [0, 0.05) is 19.1 Å². The van der Waals surface area contributed by atoms with Crippen molar-refractivity contribution in [2.45, 2.75) is 25.5 Å². The Morgan fingerprint density at radius 1 is 1.20 bits per heavy atom. The predicted molar refractivity (Wildman–Crippen MR) is 96.2 cm³/mol. The molecule has 0 spiro atoms. The molecule has 1 aliphatic rings. The molecule has 1 fully saturated rings. The molecular formula is C20H21N3O2. The Kier molecular flexibility index (Phi) is 5.53. The fourth-order valence-corrected chi connectivity index (χ4v) is 3.09. The molecule has 0 saturated carbocycles. The van der Waals surface area contributed by atoms with Gasteiger partial charge in [0.15, 0.2) is 0 Å². The van der Waals surface area contributed by atoms with Gasteiger partial charge in [0.1, 0.15) is 12.7 Å². The van der Waals surface area contributed by atoms with Gasteiger partial charge in [0.25, 0.3) is 0 Å². The lowest BCUT2D eigenvalue weighted by atomic mass is 10.0. The van der Waals surface area contributed by atoms with E-state index in [4.69, 9.17) is 4.74 Å². The second-order valence-electron chi connectivity index (χ2n) is 6.12. The number of piperidine rings is 1. The summed E-state index contributed by atoms with van der Waals surface area (Å²) in [5.74, 6) is 0. The van der Waals surface area contributed by atoms with E-state index in [9.17, 15) is 10.1 Å². The van der Waals surface area contributed by atoms with Crippen molar-refractivity contribution in [3.63, 3.8) is 0 Å². The van der Waals surface area contributed by atoms with Crippen LogP contribution in [-0.2, 0) is 11.3 Å². The van der Waals surface area contributed by atoms with Gasteiger partial charge in [-0.1, -0.05) is 42.5 Å². The Balaban J connectivity index is 1.55. The Hall–Kier alpha value is -3.00. The average Bonchev–Trinajstić information content (AvgIpc) is 2.67. The van der Waals surface area contributed by atoms with Crippen molar-refractivity contribution in [1.82, 2.24) is 5.32 Å². The van der Waals surface area contributed by atoms with Crippen molar-refractivity contribution in [3.8, 4) is 6.07 Å². The highest BCUT2D eigenvalue weighted by molar-refractivity contribution is 5.68. The molecule has 0 bridgehead atoms. The highest BCUT2D eigenvalue weighted by atomic mass is 16.5. The Morgan fingerprint density at radius 3 is 2.76 bits per heavy atom. The van der Waals surface area contributed by atoms with Gasteiger partial charge in [-0.15, -0.1) is 0 Å². The molecular weight excluding hydrogens is 314 g/mol. The van der Waals surface area contributed by atoms with Crippen LogP contribution in [0.1, 0.15) is 24.0 Å². The van der Waals surface area contributed by atoms with Crippen molar-refractivity contribution in [1.29, 1.82) is 5.26 Å². The molecule has 1 unspecified atom stereocenters. The van der Waals surface area contributed by atoms with Crippen LogP contribution in [0, 0.1) is 11.3 Å². The smallest absolute Gasteiger partial charge is 0.407 e. The van der Waals surface area contributed by atoms with Crippen LogP contribution in [0.15, 0.2) is 54.6 Å². The molecule has 0 aromatic heterocycles. The number of nitrogens with one attached hydrogen (secondary N) is 1. The minimum Gasteiger partial charge on any atom is -0.445 e. The van der Waals surface area contributed by atoms with Gasteiger partial charge >= 0.3 is 6.09 Å². The number of rotatable bonds is 4. The number of benzene rings is 2. The molecule has 0 radical (unpaired) electrons. The molecule has 1 saturated heterocycles. The van der Waals surface area contributed by atoms with Crippen LogP contribution in [0.25, 0.3) is 0 Å². The number of carbonyl (C=O) groups is 1. The van der Waals surface area contributed by atoms with Crippen LogP contribution < -0.4 is 10.2 Å². The highest BCUT2D eigenvalue weighted by Gasteiger charge is 2.23. The summed E-state index contributed by atoms with van der Waals surface area (Å²) in [5.41, 5.74) is 2.55. The average molecular weight is 335 g/mol. The van der Waals surface area contributed by atoms with Crippen molar-refractivity contribution in [2.24, 2.45) is 0 Å². The van der Waals surface area contributed by atoms with Crippen molar-refractivity contribution < 1.29 is 9.53 Å². The van der Waals surface area contributed by atoms with Gasteiger partial charge in [-0.3, -0.25) is 0 Å². The summed E-state index contributed by atoms with van der Waals surface area (Å²) < 4.78 is 5.30. The van der Waals surface area contributed by atoms with Crippen molar-refractivity contribution in [2.75, 3.05) is 18.0 Å². The van der Waals surface area contributed by atoms with Gasteiger partial charge in [-0.25, -0.2) is 4.79 Å². The molecule has 0 aliphatic carbocycles. The van der Waals surface area contributed by atoms with Gasteiger partial charge in [0.2, 0.25) is 0 Å². The summed E-state index contributed by atoms with van der Waals surface area (Å²) in [6, 6.07) is 19.4. The quantitative estimate of drug-likeness (QED) is 0.929. The maximum atomic E-state index is 12.0. The molecule has 2 aromatic carbocycles. The van der Waals surface area contributed by atoms with Crippen LogP contribution in [0.3, 0.4) is 0 Å². The van der Waals surface area contributed by atoms with Crippen molar-refractivity contribution >= 4 is 11.8 Å². The molecule has 1 amide bonds. The molecule has 1 atom stereocenters. The van der Waals surface area contributed by atoms with Crippen LogP contribution in [-0.4, -0.2) is 25.2 Å². The lowest BCUT2D eigenvalue weighted by Gasteiger charge is -2.35. The number of hydrogen-bond donors (Lipinski definition) is 1. The van der Waals surface area contributed by atoms with Gasteiger partial charge < -0.3 is 15.0 Å². The number of anilines is 1. The first-order valence-corrected chi connectivity index (χ1v) is 8.47. The van der Waals surface area contributed by atoms with Gasteiger partial charge in [0.05, 0.1) is 11.3 Å². The fraction of sp³-hybridized carbons (Fsp3) is 0.300. The van der Waals surface area contributed by atoms with E-state index in [0.29, 0.717) is 12.1 Å². The first kappa shape index (κ1) is 16.8. The summed E-state index contributed by atoms with van der Waals surface area (Å²) in [6.07, 6.45) is 1.47. The first-order valence-electron chi connectivity index (χ1n) is 8.47. The third-order valence-electron chi connectivity index (χ3n) is 4.32. The number of carbonyl (C=O) groups excluding carboxylic acids is 1. The lowest BCUT2D eigenvalue weighted by Crippen LogP contribution is -2.48. The van der Waals surface area contributed by atoms with E-state index >= 15 is 0 Å². The van der Waals surface area contributed by atoms with E-state index in [0.717, 1.165) is 30.6 Å². The lowest BCUT2D eigenvalue weighted by molar-refractivity contribution is 0.134. The zero-order valence-corrected chi connectivity index (χ0v) is 14.0. The Bertz CT molecular complexity index is 755. The maximum Gasteiger partial charge on any atom is 0.407 e. The second-order valence-corrected chi connectivity index (χ2v) is 6.12. The van der Waals surface area contributed by atoms with E-state index in [1.54, 1.807) is 0 Å². The number of hydrogen-bond acceptors (Lipinski definition) is 4. The summed E-state index contributed by atoms with van der Waals surface area (Å²) in [5, 5.41) is 12.2. The SMILES string of the molecule is N#Cc1ccccc1N1CCCC(NC(=O)OCc2ccccc2)C1. The summed E-state index contributed by atoms with van der Waals surface area (Å²) in [7, 11) is 0. The minimum absolute atomic E-state index is 0.0174. The monoisotopic (exact) mass is 335 g/mol. The summed E-state index contributed by atoms with van der Waals surface area (Å²) in [4.78, 5) is 14.2. The number of nitriles is 1. The van der Waals surface area contributed by atoms with Crippen LogP contribution in [0.4, 0.5) is 10.5 Å². The van der Waals surface area contributed by atoms with E-state index in [2.05, 4.69) is 16.3 Å². The normalized spacial score (nSPS) is 16.8. The molecule has 1 heterocycles. The molecule has 1 aliphatic heterocycles. The Morgan fingerprint density at radius 2 is 1.96 bits per heavy atom. The van der Waals surface area contributed by atoms with E-state index < -0.39 is 6.09 Å². The zero-order chi connectivity index (χ0) is 17.5. The van der Waals surface area contributed by atoms with Gasteiger partial charge in [-0.05, 0) is 30.5 Å². The number of amides is 1. The van der Waals surface area contributed by atoms with E-state index in [1.165, 1.54) is 0 Å². The first-order chi connectivity index (χ1) is 12.3. The number of para-hydroxylation sites is 1. The van der Waals surface area contributed by atoms with Crippen LogP contribution in [0.5, 0.6) is 0 Å². The largest absolute Gasteiger partial charge is 0.445 e. The maximum absolute atomic E-state index is 12.0. The summed E-state index contributed by atoms with van der Waals surface area (Å²) in [6.45, 7) is 1.83. The van der Waals surface area contributed by atoms with E-state index in [1.807, 2.05) is 54.6 Å². The third-order valence-corrected chi connectivity index (χ3v) is 4.32. The standard InChI is InChI=1S/C20H21N3O2/c21-13-17-9-4-5-11-19(17)23-12-6-10-18(14-23)22-20(24)25-15-16-7-2-1-3-8-16/h1-5,7-9,11,18H,6,10,12,14-15H2,(H,22,24). The summed E-state index contributed by atoms with van der Waals surface area (Å²) >= 11 is 0. The third kappa shape index (κ3) is 4.51. The predicted octanol–water partition coefficient (Wildman–Crippen LogP) is 3.45. The van der Waals surface area contributed by atoms with Crippen molar-refractivity contribution in [3.05, 3.63) is 65.7 Å². The fourth-order valence-electron chi connectivity index (χ4n) is 3.09. The van der Waals surface area contributed by atoms with E-state index in [-0.39, 0.29) is 12.6 Å². The van der Waals surface area contributed by atoms with Crippen LogP contribution >= 0.6 is 0 Å². The number of ether oxygens (including phenoxy) is 1. The highest BCUT2D eigenvalue weighted by Crippen LogP contribution is 2.23. The molecule has 128 valence electrons. The molecule has 5 nitrogen and oxygen atoms in total. The molecule has 2 aromatic rings. The second kappa shape index (κ2) is 8.20. The molecule has 1 N–H and O–H groups in total.